The van der Waals surface area contributed by atoms with Gasteiger partial charge >= 0.3 is 0 Å². The molecule has 0 radical (unpaired) electrons. The number of piperazine rings is 1. The number of aromatic nitrogens is 1. The van der Waals surface area contributed by atoms with E-state index in [-0.39, 0.29) is 36.0 Å². The van der Waals surface area contributed by atoms with Crippen LogP contribution in [0.25, 0.3) is 0 Å². The summed E-state index contributed by atoms with van der Waals surface area (Å²) < 4.78 is 0. The Morgan fingerprint density at radius 2 is 1.93 bits per heavy atom. The molecule has 1 aliphatic carbocycles. The van der Waals surface area contributed by atoms with E-state index >= 15 is 0 Å². The van der Waals surface area contributed by atoms with Crippen LogP contribution in [0.4, 0.5) is 5.82 Å². The average molecular weight is 530 g/mol. The van der Waals surface area contributed by atoms with Crippen LogP contribution in [0.15, 0.2) is 29.4 Å². The molecule has 2 aliphatic rings. The Hall–Kier alpha value is -1.62. The van der Waals surface area contributed by atoms with E-state index in [1.807, 2.05) is 30.0 Å². The molecule has 1 saturated heterocycles. The topological polar surface area (TPSA) is 93.1 Å². The van der Waals surface area contributed by atoms with Crippen molar-refractivity contribution >= 4 is 41.7 Å². The predicted molar refractivity (Wildman–Crippen MR) is 130 cm³/mol. The maximum Gasteiger partial charge on any atom is 0.224 e. The third-order valence-corrected chi connectivity index (χ3v) is 5.58. The first-order valence-corrected chi connectivity index (χ1v) is 10.8. The highest BCUT2D eigenvalue weighted by Gasteiger charge is 2.22. The van der Waals surface area contributed by atoms with Gasteiger partial charge in [0.25, 0.3) is 0 Å². The van der Waals surface area contributed by atoms with Gasteiger partial charge in [0.2, 0.25) is 5.91 Å². The molecule has 8 nitrogen and oxygen atoms in total. The number of pyridine rings is 1. The number of carbonyl (C=O) groups excluding carboxylic acids is 1. The lowest BCUT2D eigenvalue weighted by atomic mass is 9.93. The maximum atomic E-state index is 12.6. The number of aliphatic hydroxyl groups is 1. The molecule has 0 aromatic carbocycles. The number of halogens is 1. The van der Waals surface area contributed by atoms with Crippen molar-refractivity contribution in [1.29, 1.82) is 0 Å². The molecule has 1 amide bonds. The number of carbonyl (C=O) groups is 1. The van der Waals surface area contributed by atoms with E-state index in [2.05, 4.69) is 25.5 Å². The highest BCUT2D eigenvalue weighted by Crippen LogP contribution is 2.18. The van der Waals surface area contributed by atoms with Crippen LogP contribution in [0.3, 0.4) is 0 Å². The first kappa shape index (κ1) is 24.6. The summed E-state index contributed by atoms with van der Waals surface area (Å²) in [5, 5.41) is 16.3. The molecule has 0 atom stereocenters. The van der Waals surface area contributed by atoms with Crippen LogP contribution in [0.5, 0.6) is 0 Å². The van der Waals surface area contributed by atoms with Crippen molar-refractivity contribution in [1.82, 2.24) is 20.5 Å². The molecule has 2 fully saturated rings. The lowest BCUT2D eigenvalue weighted by molar-refractivity contribution is -0.131. The summed E-state index contributed by atoms with van der Waals surface area (Å²) in [5.74, 6) is 1.90. The van der Waals surface area contributed by atoms with Crippen molar-refractivity contribution in [2.45, 2.75) is 51.2 Å². The van der Waals surface area contributed by atoms with Crippen LogP contribution in [-0.2, 0) is 4.79 Å². The molecule has 0 spiro atoms. The molecule has 1 aliphatic heterocycles. The summed E-state index contributed by atoms with van der Waals surface area (Å²) >= 11 is 0. The van der Waals surface area contributed by atoms with Gasteiger partial charge in [-0.05, 0) is 44.7 Å². The number of hydrogen-bond donors (Lipinski definition) is 3. The highest BCUT2D eigenvalue weighted by atomic mass is 127. The van der Waals surface area contributed by atoms with Crippen molar-refractivity contribution in [3.05, 3.63) is 24.4 Å². The van der Waals surface area contributed by atoms with E-state index in [0.717, 1.165) is 70.2 Å². The van der Waals surface area contributed by atoms with Crippen LogP contribution in [-0.4, -0.2) is 78.3 Å². The Kier molecular flexibility index (Phi) is 10.6. The monoisotopic (exact) mass is 530 g/mol. The molecule has 9 heteroatoms. The molecule has 1 aromatic heterocycles. The van der Waals surface area contributed by atoms with Gasteiger partial charge in [0.05, 0.1) is 12.6 Å². The van der Waals surface area contributed by atoms with Crippen molar-refractivity contribution in [3.8, 4) is 0 Å². The van der Waals surface area contributed by atoms with Gasteiger partial charge < -0.3 is 25.5 Å². The maximum absolute atomic E-state index is 12.6. The highest BCUT2D eigenvalue weighted by molar-refractivity contribution is 14.0. The Morgan fingerprint density at radius 1 is 1.20 bits per heavy atom. The molecule has 0 unspecified atom stereocenters. The van der Waals surface area contributed by atoms with Gasteiger partial charge in [-0.15, -0.1) is 24.0 Å². The third kappa shape index (κ3) is 7.57. The lowest BCUT2D eigenvalue weighted by Crippen LogP contribution is -2.49. The smallest absolute Gasteiger partial charge is 0.224 e. The summed E-state index contributed by atoms with van der Waals surface area (Å²) in [6, 6.07) is 6.25. The Balaban J connectivity index is 0.00000320. The first-order chi connectivity index (χ1) is 14.2. The van der Waals surface area contributed by atoms with E-state index in [9.17, 15) is 9.90 Å². The number of rotatable bonds is 6. The van der Waals surface area contributed by atoms with Crippen LogP contribution >= 0.6 is 24.0 Å². The number of guanidine groups is 1. The van der Waals surface area contributed by atoms with Gasteiger partial charge in [-0.25, -0.2) is 4.98 Å². The number of amides is 1. The van der Waals surface area contributed by atoms with E-state index < -0.39 is 0 Å². The summed E-state index contributed by atoms with van der Waals surface area (Å²) in [6.45, 7) is 6.36. The van der Waals surface area contributed by atoms with Crippen LogP contribution in [0.2, 0.25) is 0 Å². The minimum Gasteiger partial charge on any atom is -0.393 e. The van der Waals surface area contributed by atoms with Crippen molar-refractivity contribution in [2.75, 3.05) is 44.2 Å². The summed E-state index contributed by atoms with van der Waals surface area (Å²) in [7, 11) is 0. The quantitative estimate of drug-likeness (QED) is 0.294. The summed E-state index contributed by atoms with van der Waals surface area (Å²) in [5.41, 5.74) is 0. The SMILES string of the molecule is CCNC(=NCCC(=O)N1CCN(c2ccccn2)CC1)NC1CCC(O)CC1.I. The fourth-order valence-electron chi connectivity index (χ4n) is 3.88. The lowest BCUT2D eigenvalue weighted by Gasteiger charge is -2.35. The second kappa shape index (κ2) is 12.9. The molecule has 1 aromatic rings. The van der Waals surface area contributed by atoms with Crippen LogP contribution in [0.1, 0.15) is 39.0 Å². The molecular formula is C21H35IN6O2. The number of nitrogens with zero attached hydrogens (tertiary/aromatic N) is 4. The van der Waals surface area contributed by atoms with E-state index in [1.165, 1.54) is 0 Å². The first-order valence-electron chi connectivity index (χ1n) is 10.8. The molecule has 1 saturated carbocycles. The largest absolute Gasteiger partial charge is 0.393 e. The second-order valence-electron chi connectivity index (χ2n) is 7.72. The van der Waals surface area contributed by atoms with Gasteiger partial charge in [-0.2, -0.15) is 0 Å². The molecule has 30 heavy (non-hydrogen) atoms. The normalized spacial score (nSPS) is 22.3. The van der Waals surface area contributed by atoms with E-state index in [1.54, 1.807) is 6.20 Å². The standard InChI is InChI=1S/C21H34N6O2.HI/c1-2-22-21(25-17-6-8-18(28)9-7-17)24-12-10-20(29)27-15-13-26(14-16-27)19-5-3-4-11-23-19;/h3-5,11,17-18,28H,2,6-10,12-16H2,1H3,(H2,22,24,25);1H. The van der Waals surface area contributed by atoms with E-state index in [0.29, 0.717) is 19.0 Å². The zero-order chi connectivity index (χ0) is 20.5. The minimum absolute atomic E-state index is 0. The van der Waals surface area contributed by atoms with Gasteiger partial charge in [0, 0.05) is 51.4 Å². The Morgan fingerprint density at radius 3 is 2.57 bits per heavy atom. The van der Waals surface area contributed by atoms with Crippen molar-refractivity contribution < 1.29 is 9.90 Å². The number of anilines is 1. The number of nitrogens with one attached hydrogen (secondary N) is 2. The van der Waals surface area contributed by atoms with E-state index in [4.69, 9.17) is 0 Å². The molecule has 168 valence electrons. The second-order valence-corrected chi connectivity index (χ2v) is 7.72. The molecular weight excluding hydrogens is 495 g/mol. The molecule has 0 bridgehead atoms. The minimum atomic E-state index is -0.164. The summed E-state index contributed by atoms with van der Waals surface area (Å²) in [4.78, 5) is 25.7. The van der Waals surface area contributed by atoms with Crippen molar-refractivity contribution in [2.24, 2.45) is 4.99 Å². The Labute approximate surface area is 196 Å². The number of aliphatic hydroxyl groups excluding tert-OH is 1. The van der Waals surface area contributed by atoms with Crippen molar-refractivity contribution in [3.63, 3.8) is 0 Å². The third-order valence-electron chi connectivity index (χ3n) is 5.58. The Bertz CT molecular complexity index is 659. The molecule has 3 rings (SSSR count). The predicted octanol–water partition coefficient (Wildman–Crippen LogP) is 1.60. The van der Waals surface area contributed by atoms with Crippen LogP contribution < -0.4 is 15.5 Å². The zero-order valence-corrected chi connectivity index (χ0v) is 20.1. The van der Waals surface area contributed by atoms with Crippen LogP contribution in [0, 0.1) is 0 Å². The van der Waals surface area contributed by atoms with Gasteiger partial charge in [0.1, 0.15) is 5.82 Å². The zero-order valence-electron chi connectivity index (χ0n) is 17.8. The average Bonchev–Trinajstić information content (AvgIpc) is 2.76. The summed E-state index contributed by atoms with van der Waals surface area (Å²) in [6.07, 6.45) is 5.62. The molecule has 2 heterocycles. The van der Waals surface area contributed by atoms with Gasteiger partial charge in [-0.1, -0.05) is 6.07 Å². The van der Waals surface area contributed by atoms with Gasteiger partial charge in [0.15, 0.2) is 5.96 Å². The fourth-order valence-corrected chi connectivity index (χ4v) is 3.88. The molecule has 3 N–H and O–H groups in total. The number of aliphatic imine (C=N–C) groups is 1. The van der Waals surface area contributed by atoms with Gasteiger partial charge in [-0.3, -0.25) is 9.79 Å². The number of hydrogen-bond acceptors (Lipinski definition) is 5. The fraction of sp³-hybridized carbons (Fsp3) is 0.667.